The average molecular weight is 295 g/mol. The second-order valence-electron chi connectivity index (χ2n) is 3.24. The van der Waals surface area contributed by atoms with Gasteiger partial charge in [0.2, 0.25) is 5.88 Å². The van der Waals surface area contributed by atoms with Gasteiger partial charge in [0.1, 0.15) is 12.1 Å². The molecule has 0 aliphatic rings. The molecule has 0 aromatic carbocycles. The van der Waals surface area contributed by atoms with Gasteiger partial charge in [-0.25, -0.2) is 15.0 Å². The zero-order chi connectivity index (χ0) is 12.1. The highest BCUT2D eigenvalue weighted by molar-refractivity contribution is 9.10. The van der Waals surface area contributed by atoms with Crippen LogP contribution in [-0.4, -0.2) is 22.1 Å². The number of ether oxygens (including phenoxy) is 1. The van der Waals surface area contributed by atoms with E-state index in [1.54, 1.807) is 19.5 Å². The van der Waals surface area contributed by atoms with Crippen LogP contribution in [0.5, 0.6) is 5.88 Å². The topological polar surface area (TPSA) is 59.9 Å². The van der Waals surface area contributed by atoms with Gasteiger partial charge < -0.3 is 10.1 Å². The highest BCUT2D eigenvalue weighted by atomic mass is 79.9. The number of nitrogens with zero attached hydrogens (tertiary/aromatic N) is 3. The molecule has 0 aliphatic carbocycles. The molecule has 0 fully saturated rings. The largest absolute Gasteiger partial charge is 0.481 e. The maximum Gasteiger partial charge on any atom is 0.218 e. The van der Waals surface area contributed by atoms with Crippen LogP contribution in [0.1, 0.15) is 5.56 Å². The van der Waals surface area contributed by atoms with Gasteiger partial charge in [0.15, 0.2) is 0 Å². The lowest BCUT2D eigenvalue weighted by atomic mass is 10.2. The van der Waals surface area contributed by atoms with Crippen molar-refractivity contribution in [2.24, 2.45) is 0 Å². The molecule has 0 radical (unpaired) electrons. The molecule has 2 rings (SSSR count). The third-order valence-corrected chi connectivity index (χ3v) is 2.74. The van der Waals surface area contributed by atoms with Gasteiger partial charge in [0.05, 0.1) is 11.6 Å². The monoisotopic (exact) mass is 294 g/mol. The fourth-order valence-corrected chi connectivity index (χ4v) is 1.72. The number of pyridine rings is 1. The Morgan fingerprint density at radius 2 is 2.29 bits per heavy atom. The Bertz CT molecular complexity index is 506. The molecule has 17 heavy (non-hydrogen) atoms. The number of aromatic nitrogens is 3. The minimum Gasteiger partial charge on any atom is -0.481 e. The molecule has 0 spiro atoms. The number of hydrogen-bond acceptors (Lipinski definition) is 5. The van der Waals surface area contributed by atoms with Crippen LogP contribution in [0.2, 0.25) is 0 Å². The zero-order valence-electron chi connectivity index (χ0n) is 9.22. The molecule has 1 N–H and O–H groups in total. The van der Waals surface area contributed by atoms with E-state index in [1.165, 1.54) is 6.33 Å². The van der Waals surface area contributed by atoms with Crippen molar-refractivity contribution in [2.75, 3.05) is 12.4 Å². The van der Waals surface area contributed by atoms with E-state index < -0.39 is 0 Å². The molecule has 0 saturated heterocycles. The average Bonchev–Trinajstić information content (AvgIpc) is 2.38. The van der Waals surface area contributed by atoms with Crippen molar-refractivity contribution >= 4 is 21.7 Å². The van der Waals surface area contributed by atoms with Gasteiger partial charge in [0.25, 0.3) is 0 Å². The van der Waals surface area contributed by atoms with Crippen molar-refractivity contribution in [2.45, 2.75) is 6.54 Å². The van der Waals surface area contributed by atoms with Crippen molar-refractivity contribution in [1.29, 1.82) is 0 Å². The third kappa shape index (κ3) is 2.91. The molecule has 0 atom stereocenters. The smallest absolute Gasteiger partial charge is 0.218 e. The summed E-state index contributed by atoms with van der Waals surface area (Å²) in [6.45, 7) is 0.590. The molecule has 0 aliphatic heterocycles. The Labute approximate surface area is 107 Å². The van der Waals surface area contributed by atoms with Crippen molar-refractivity contribution < 1.29 is 4.74 Å². The Balaban J connectivity index is 2.10. The minimum atomic E-state index is 0.590. The Kier molecular flexibility index (Phi) is 3.87. The predicted octanol–water partition coefficient (Wildman–Crippen LogP) is 2.25. The van der Waals surface area contributed by atoms with E-state index in [1.807, 2.05) is 12.1 Å². The fourth-order valence-electron chi connectivity index (χ4n) is 1.36. The zero-order valence-corrected chi connectivity index (χ0v) is 10.8. The molecule has 0 amide bonds. The molecule has 2 aromatic heterocycles. The number of rotatable bonds is 4. The van der Waals surface area contributed by atoms with E-state index in [2.05, 4.69) is 36.2 Å². The van der Waals surface area contributed by atoms with E-state index in [-0.39, 0.29) is 0 Å². The molecule has 5 nitrogen and oxygen atoms in total. The molecule has 2 heterocycles. The second-order valence-corrected chi connectivity index (χ2v) is 4.10. The number of anilines is 1. The molecule has 0 unspecified atom stereocenters. The summed E-state index contributed by atoms with van der Waals surface area (Å²) in [5, 5.41) is 3.19. The molecular weight excluding hydrogens is 284 g/mol. The number of nitrogens with one attached hydrogen (secondary N) is 1. The van der Waals surface area contributed by atoms with Crippen LogP contribution in [0.15, 0.2) is 35.3 Å². The Morgan fingerprint density at radius 1 is 1.41 bits per heavy atom. The van der Waals surface area contributed by atoms with Gasteiger partial charge in [-0.15, -0.1) is 0 Å². The molecule has 0 bridgehead atoms. The highest BCUT2D eigenvalue weighted by Gasteiger charge is 2.05. The first-order chi connectivity index (χ1) is 8.31. The highest BCUT2D eigenvalue weighted by Crippen LogP contribution is 2.20. The maximum absolute atomic E-state index is 5.17. The first kappa shape index (κ1) is 11.8. The standard InChI is InChI=1S/C11H11BrN4O/c1-17-11-8(3-2-4-14-11)5-15-10-9(12)6-13-7-16-10/h2-4,6-7H,5H2,1H3,(H,13,15,16). The van der Waals surface area contributed by atoms with E-state index >= 15 is 0 Å². The van der Waals surface area contributed by atoms with Crippen molar-refractivity contribution in [3.8, 4) is 5.88 Å². The number of methoxy groups -OCH3 is 1. The Hall–Kier alpha value is -1.69. The quantitative estimate of drug-likeness (QED) is 0.937. The van der Waals surface area contributed by atoms with Gasteiger partial charge in [-0.1, -0.05) is 6.07 Å². The van der Waals surface area contributed by atoms with Gasteiger partial charge in [-0.3, -0.25) is 0 Å². The van der Waals surface area contributed by atoms with Crippen molar-refractivity contribution in [1.82, 2.24) is 15.0 Å². The third-order valence-electron chi connectivity index (χ3n) is 2.16. The van der Waals surface area contributed by atoms with Crippen LogP contribution >= 0.6 is 15.9 Å². The SMILES string of the molecule is COc1ncccc1CNc1ncncc1Br. The fraction of sp³-hybridized carbons (Fsp3) is 0.182. The molecule has 0 saturated carbocycles. The van der Waals surface area contributed by atoms with Gasteiger partial charge >= 0.3 is 0 Å². The summed E-state index contributed by atoms with van der Waals surface area (Å²) in [7, 11) is 1.60. The van der Waals surface area contributed by atoms with E-state index in [4.69, 9.17) is 4.74 Å². The van der Waals surface area contributed by atoms with Gasteiger partial charge in [-0.2, -0.15) is 0 Å². The van der Waals surface area contributed by atoms with E-state index in [0.717, 1.165) is 15.9 Å². The van der Waals surface area contributed by atoms with E-state index in [0.29, 0.717) is 12.4 Å². The normalized spacial score (nSPS) is 10.0. The van der Waals surface area contributed by atoms with Crippen molar-refractivity contribution in [3.05, 3.63) is 40.9 Å². The van der Waals surface area contributed by atoms with Crippen LogP contribution in [0.25, 0.3) is 0 Å². The lowest BCUT2D eigenvalue weighted by molar-refractivity contribution is 0.393. The molecule has 6 heteroatoms. The molecule has 88 valence electrons. The minimum absolute atomic E-state index is 0.590. The summed E-state index contributed by atoms with van der Waals surface area (Å²) in [6, 6.07) is 3.82. The predicted molar refractivity (Wildman–Crippen MR) is 67.8 cm³/mol. The van der Waals surface area contributed by atoms with Gasteiger partial charge in [-0.05, 0) is 22.0 Å². The molecular formula is C11H11BrN4O. The van der Waals surface area contributed by atoms with E-state index in [9.17, 15) is 0 Å². The number of hydrogen-bond donors (Lipinski definition) is 1. The summed E-state index contributed by atoms with van der Waals surface area (Å²) in [6.07, 6.45) is 4.88. The maximum atomic E-state index is 5.17. The molecule has 2 aromatic rings. The summed E-state index contributed by atoms with van der Waals surface area (Å²) in [5.74, 6) is 1.36. The second kappa shape index (κ2) is 5.58. The van der Waals surface area contributed by atoms with Crippen LogP contribution in [0, 0.1) is 0 Å². The lowest BCUT2D eigenvalue weighted by Crippen LogP contribution is -2.04. The number of halogens is 1. The van der Waals surface area contributed by atoms with Crippen LogP contribution in [-0.2, 0) is 6.54 Å². The van der Waals surface area contributed by atoms with Crippen LogP contribution < -0.4 is 10.1 Å². The van der Waals surface area contributed by atoms with Crippen LogP contribution in [0.4, 0.5) is 5.82 Å². The lowest BCUT2D eigenvalue weighted by Gasteiger charge is -2.09. The van der Waals surface area contributed by atoms with Gasteiger partial charge in [0, 0.05) is 24.5 Å². The first-order valence-corrected chi connectivity index (χ1v) is 5.78. The first-order valence-electron chi connectivity index (χ1n) is 4.98. The summed E-state index contributed by atoms with van der Waals surface area (Å²) < 4.78 is 5.99. The summed E-state index contributed by atoms with van der Waals surface area (Å²) >= 11 is 3.37. The van der Waals surface area contributed by atoms with Crippen molar-refractivity contribution in [3.63, 3.8) is 0 Å². The van der Waals surface area contributed by atoms with Crippen LogP contribution in [0.3, 0.4) is 0 Å². The summed E-state index contributed by atoms with van der Waals surface area (Å²) in [4.78, 5) is 12.1. The summed E-state index contributed by atoms with van der Waals surface area (Å²) in [5.41, 5.74) is 0.973. The Morgan fingerprint density at radius 3 is 3.06 bits per heavy atom.